The summed E-state index contributed by atoms with van der Waals surface area (Å²) in [5.41, 5.74) is 10.8. The van der Waals surface area contributed by atoms with Crippen LogP contribution in [0.5, 0.6) is 5.75 Å². The van der Waals surface area contributed by atoms with Gasteiger partial charge in [-0.3, -0.25) is 9.93 Å². The lowest BCUT2D eigenvalue weighted by Gasteiger charge is -2.10. The van der Waals surface area contributed by atoms with Crippen LogP contribution in [0.3, 0.4) is 0 Å². The average molecular weight is 350 g/mol. The molecule has 0 radical (unpaired) electrons. The predicted octanol–water partition coefficient (Wildman–Crippen LogP) is -1.55. The highest BCUT2D eigenvalue weighted by molar-refractivity contribution is 7.46. The van der Waals surface area contributed by atoms with E-state index in [0.717, 1.165) is 4.68 Å². The zero-order chi connectivity index (χ0) is 17.5. The molecule has 0 unspecified atom stereocenters. The average Bonchev–Trinajstić information content (AvgIpc) is 2.87. The topological polar surface area (TPSA) is 199 Å². The van der Waals surface area contributed by atoms with Crippen molar-refractivity contribution in [2.45, 2.75) is 25.6 Å². The van der Waals surface area contributed by atoms with Crippen LogP contribution in [-0.2, 0) is 20.6 Å². The van der Waals surface area contributed by atoms with Gasteiger partial charge in [0.25, 0.3) is 0 Å². The molecule has 0 spiro atoms. The third kappa shape index (κ3) is 8.28. The monoisotopic (exact) mass is 350 g/mol. The Morgan fingerprint density at radius 1 is 1.57 bits per heavy atom. The maximum Gasteiger partial charge on any atom is 0.471 e. The Morgan fingerprint density at radius 3 is 2.87 bits per heavy atom. The van der Waals surface area contributed by atoms with E-state index in [1.807, 2.05) is 0 Å². The highest BCUT2D eigenvalue weighted by atomic mass is 31.2. The van der Waals surface area contributed by atoms with Gasteiger partial charge in [-0.25, -0.2) is 14.0 Å². The molecule has 1 aromatic rings. The highest BCUT2D eigenvalue weighted by Gasteiger charge is 2.17. The number of hydrogen-bond donors (Lipinski definition) is 6. The van der Waals surface area contributed by atoms with E-state index in [1.54, 1.807) is 0 Å². The SMILES string of the molecule is N=C(N)NCCC[C@H](N)C(=O)Oc1cnn(COP(=O)(O)O)c1. The van der Waals surface area contributed by atoms with Crippen molar-refractivity contribution >= 4 is 19.8 Å². The van der Waals surface area contributed by atoms with Crippen molar-refractivity contribution in [1.82, 2.24) is 15.1 Å². The molecule has 13 heteroatoms. The molecule has 0 fully saturated rings. The lowest BCUT2D eigenvalue weighted by atomic mass is 10.2. The standard InChI is InChI=1S/C10H19N6O6P/c11-8(2-1-3-14-10(12)13)9(17)22-7-4-15-16(5-7)6-21-23(18,19)20/h4-5,8H,1-3,6,11H2,(H4,12,13,14)(H2,18,19,20)/t8-/m0/s1. The van der Waals surface area contributed by atoms with Crippen molar-refractivity contribution in [3.8, 4) is 5.75 Å². The van der Waals surface area contributed by atoms with Crippen molar-refractivity contribution in [3.05, 3.63) is 12.4 Å². The minimum absolute atomic E-state index is 0.0709. The fraction of sp³-hybridized carbons (Fsp3) is 0.500. The quantitative estimate of drug-likeness (QED) is 0.0995. The summed E-state index contributed by atoms with van der Waals surface area (Å²) in [5, 5.41) is 13.3. The van der Waals surface area contributed by atoms with E-state index < -0.39 is 26.6 Å². The largest absolute Gasteiger partial charge is 0.471 e. The van der Waals surface area contributed by atoms with E-state index in [2.05, 4.69) is 14.9 Å². The molecule has 23 heavy (non-hydrogen) atoms. The van der Waals surface area contributed by atoms with Gasteiger partial charge in [0.1, 0.15) is 6.04 Å². The van der Waals surface area contributed by atoms with Gasteiger partial charge in [0, 0.05) is 6.54 Å². The Bertz CT molecular complexity index is 586. The second-order valence-electron chi connectivity index (χ2n) is 4.47. The molecule has 0 aromatic carbocycles. The molecule has 1 rings (SSSR count). The van der Waals surface area contributed by atoms with Crippen LogP contribution < -0.4 is 21.5 Å². The number of nitrogens with zero attached hydrogens (tertiary/aromatic N) is 2. The third-order valence-corrected chi connectivity index (χ3v) is 2.95. The number of ether oxygens (including phenoxy) is 1. The molecule has 0 saturated heterocycles. The van der Waals surface area contributed by atoms with Gasteiger partial charge in [0.2, 0.25) is 0 Å². The minimum atomic E-state index is -4.61. The van der Waals surface area contributed by atoms with Gasteiger partial charge >= 0.3 is 13.8 Å². The molecule has 1 heterocycles. The fourth-order valence-corrected chi connectivity index (χ4v) is 1.73. The summed E-state index contributed by atoms with van der Waals surface area (Å²) < 4.78 is 20.8. The number of rotatable bonds is 9. The Kier molecular flexibility index (Phi) is 7.13. The first kappa shape index (κ1) is 19.1. The molecule has 0 aliphatic heterocycles. The summed E-state index contributed by atoms with van der Waals surface area (Å²) in [6.45, 7) is -0.0848. The van der Waals surface area contributed by atoms with Crippen LogP contribution in [-0.4, -0.2) is 44.1 Å². The smallest absolute Gasteiger partial charge is 0.422 e. The van der Waals surface area contributed by atoms with Crippen LogP contribution in [0.2, 0.25) is 0 Å². The third-order valence-electron chi connectivity index (χ3n) is 2.50. The number of guanidine groups is 1. The fourth-order valence-electron chi connectivity index (χ4n) is 1.46. The zero-order valence-electron chi connectivity index (χ0n) is 12.1. The Morgan fingerprint density at radius 2 is 2.26 bits per heavy atom. The molecule has 1 aromatic heterocycles. The van der Waals surface area contributed by atoms with Crippen LogP contribution in [0.15, 0.2) is 12.4 Å². The number of nitrogens with two attached hydrogens (primary N) is 2. The molecule has 0 aliphatic rings. The molecule has 0 saturated carbocycles. The maximum absolute atomic E-state index is 11.7. The number of hydrogen-bond acceptors (Lipinski definition) is 7. The van der Waals surface area contributed by atoms with Crippen LogP contribution >= 0.6 is 7.82 Å². The van der Waals surface area contributed by atoms with E-state index in [4.69, 9.17) is 31.4 Å². The van der Waals surface area contributed by atoms with Crippen molar-refractivity contribution in [1.29, 1.82) is 5.41 Å². The Hall–Kier alpha value is -1.98. The van der Waals surface area contributed by atoms with E-state index in [0.29, 0.717) is 19.4 Å². The molecule has 0 bridgehead atoms. The number of carbonyl (C=O) groups excluding carboxylic acids is 1. The first-order valence-electron chi connectivity index (χ1n) is 6.45. The van der Waals surface area contributed by atoms with Crippen molar-refractivity contribution in [2.24, 2.45) is 11.5 Å². The number of carbonyl (C=O) groups is 1. The lowest BCUT2D eigenvalue weighted by Crippen LogP contribution is -2.36. The van der Waals surface area contributed by atoms with Crippen molar-refractivity contribution in [2.75, 3.05) is 6.54 Å². The summed E-state index contributed by atoms with van der Waals surface area (Å²) in [6.07, 6.45) is 3.27. The van der Waals surface area contributed by atoms with E-state index in [-0.39, 0.29) is 11.7 Å². The van der Waals surface area contributed by atoms with Gasteiger partial charge in [-0.05, 0) is 12.8 Å². The number of nitrogens with one attached hydrogen (secondary N) is 2. The van der Waals surface area contributed by atoms with E-state index >= 15 is 0 Å². The van der Waals surface area contributed by atoms with Crippen LogP contribution in [0.4, 0.5) is 0 Å². The molecular weight excluding hydrogens is 331 g/mol. The Balaban J connectivity index is 2.37. The van der Waals surface area contributed by atoms with Crippen LogP contribution in [0, 0.1) is 5.41 Å². The summed E-state index contributed by atoms with van der Waals surface area (Å²) in [4.78, 5) is 28.9. The molecule has 1 atom stereocenters. The number of phosphoric acid groups is 1. The zero-order valence-corrected chi connectivity index (χ0v) is 13.0. The summed E-state index contributed by atoms with van der Waals surface area (Å²) >= 11 is 0. The second-order valence-corrected chi connectivity index (χ2v) is 5.71. The Labute approximate surface area is 131 Å². The van der Waals surface area contributed by atoms with E-state index in [9.17, 15) is 9.36 Å². The van der Waals surface area contributed by atoms with Crippen LogP contribution in [0.1, 0.15) is 12.8 Å². The first-order chi connectivity index (χ1) is 10.7. The summed E-state index contributed by atoms with van der Waals surface area (Å²) in [6, 6.07) is -0.863. The number of esters is 1. The minimum Gasteiger partial charge on any atom is -0.422 e. The molecule has 12 nitrogen and oxygen atoms in total. The molecule has 0 aliphatic carbocycles. The second kappa shape index (κ2) is 8.60. The van der Waals surface area contributed by atoms with Crippen LogP contribution in [0.25, 0.3) is 0 Å². The van der Waals surface area contributed by atoms with Gasteiger partial charge in [0.05, 0.1) is 12.4 Å². The number of phosphoric ester groups is 1. The molecular formula is C10H19N6O6P. The lowest BCUT2D eigenvalue weighted by molar-refractivity contribution is -0.136. The van der Waals surface area contributed by atoms with Gasteiger partial charge in [0.15, 0.2) is 18.4 Å². The summed E-state index contributed by atoms with van der Waals surface area (Å²) in [7, 11) is -4.61. The van der Waals surface area contributed by atoms with Gasteiger partial charge in [-0.1, -0.05) is 0 Å². The summed E-state index contributed by atoms with van der Waals surface area (Å²) in [5.74, 6) is -0.768. The van der Waals surface area contributed by atoms with Gasteiger partial charge in [-0.15, -0.1) is 0 Å². The number of aromatic nitrogens is 2. The normalized spacial score (nSPS) is 12.7. The molecule has 130 valence electrons. The maximum atomic E-state index is 11.7. The highest BCUT2D eigenvalue weighted by Crippen LogP contribution is 2.36. The first-order valence-corrected chi connectivity index (χ1v) is 7.98. The molecule has 0 amide bonds. The van der Waals surface area contributed by atoms with Gasteiger partial charge < -0.3 is 31.3 Å². The van der Waals surface area contributed by atoms with Crippen molar-refractivity contribution in [3.63, 3.8) is 0 Å². The van der Waals surface area contributed by atoms with E-state index in [1.165, 1.54) is 12.4 Å². The molecule has 8 N–H and O–H groups in total. The van der Waals surface area contributed by atoms with Gasteiger partial charge in [-0.2, -0.15) is 5.10 Å². The predicted molar refractivity (Wildman–Crippen MR) is 78.1 cm³/mol. The van der Waals surface area contributed by atoms with Crippen molar-refractivity contribution < 1.29 is 28.4 Å².